The lowest BCUT2D eigenvalue weighted by Gasteiger charge is -2.10. The molecule has 1 saturated carbocycles. The van der Waals surface area contributed by atoms with Crippen LogP contribution in [-0.2, 0) is 0 Å². The highest BCUT2D eigenvalue weighted by atomic mass is 19.2. The van der Waals surface area contributed by atoms with Crippen molar-refractivity contribution in [1.29, 1.82) is 0 Å². The fourth-order valence-electron chi connectivity index (χ4n) is 2.33. The summed E-state index contributed by atoms with van der Waals surface area (Å²) in [7, 11) is 0. The van der Waals surface area contributed by atoms with Crippen LogP contribution in [0, 0.1) is 17.6 Å². The third kappa shape index (κ3) is 2.94. The monoisotopic (exact) mass is 225 g/mol. The Hall–Kier alpha value is -1.12. The summed E-state index contributed by atoms with van der Waals surface area (Å²) in [5.74, 6) is -0.759. The van der Waals surface area contributed by atoms with Gasteiger partial charge in [-0.3, -0.25) is 0 Å². The molecule has 0 spiro atoms. The van der Waals surface area contributed by atoms with Crippen molar-refractivity contribution in [2.75, 3.05) is 11.9 Å². The molecule has 3 heteroatoms. The van der Waals surface area contributed by atoms with Crippen LogP contribution in [0.1, 0.15) is 32.1 Å². The highest BCUT2D eigenvalue weighted by Crippen LogP contribution is 2.27. The first-order valence-electron chi connectivity index (χ1n) is 5.94. The van der Waals surface area contributed by atoms with Gasteiger partial charge in [-0.1, -0.05) is 25.7 Å². The molecule has 2 rings (SSSR count). The molecule has 0 amide bonds. The number of hydrogen-bond donors (Lipinski definition) is 1. The van der Waals surface area contributed by atoms with E-state index in [9.17, 15) is 8.78 Å². The van der Waals surface area contributed by atoms with Gasteiger partial charge in [-0.05, 0) is 30.5 Å². The van der Waals surface area contributed by atoms with Crippen molar-refractivity contribution in [1.82, 2.24) is 0 Å². The largest absolute Gasteiger partial charge is 0.385 e. The summed E-state index contributed by atoms with van der Waals surface area (Å²) in [5.41, 5.74) is 0.664. The molecule has 1 nitrogen and oxygen atoms in total. The molecule has 1 aromatic rings. The van der Waals surface area contributed by atoms with Crippen LogP contribution in [-0.4, -0.2) is 6.54 Å². The van der Waals surface area contributed by atoms with Crippen LogP contribution in [0.15, 0.2) is 18.2 Å². The van der Waals surface area contributed by atoms with Gasteiger partial charge in [-0.2, -0.15) is 0 Å². The van der Waals surface area contributed by atoms with Gasteiger partial charge in [-0.15, -0.1) is 0 Å². The summed E-state index contributed by atoms with van der Waals surface area (Å²) >= 11 is 0. The van der Waals surface area contributed by atoms with Gasteiger partial charge in [-0.25, -0.2) is 8.78 Å². The van der Waals surface area contributed by atoms with Crippen LogP contribution in [0.3, 0.4) is 0 Å². The second-order valence-electron chi connectivity index (χ2n) is 4.49. The summed E-state index contributed by atoms with van der Waals surface area (Å²) in [6.07, 6.45) is 6.45. The molecular formula is C13H17F2N. The van der Waals surface area contributed by atoms with E-state index in [0.717, 1.165) is 24.9 Å². The Kier molecular flexibility index (Phi) is 3.75. The molecule has 1 N–H and O–H groups in total. The highest BCUT2D eigenvalue weighted by molar-refractivity contribution is 5.43. The molecule has 0 radical (unpaired) electrons. The topological polar surface area (TPSA) is 12.0 Å². The summed E-state index contributed by atoms with van der Waals surface area (Å²) in [6.45, 7) is 0.843. The zero-order chi connectivity index (χ0) is 11.4. The molecule has 0 aromatic heterocycles. The van der Waals surface area contributed by atoms with Gasteiger partial charge in [0.25, 0.3) is 0 Å². The summed E-state index contributed by atoms with van der Waals surface area (Å²) in [5, 5.41) is 3.13. The molecule has 0 saturated heterocycles. The molecule has 1 fully saturated rings. The van der Waals surface area contributed by atoms with Crippen LogP contribution >= 0.6 is 0 Å². The zero-order valence-corrected chi connectivity index (χ0v) is 9.31. The minimum absolute atomic E-state index is 0.664. The van der Waals surface area contributed by atoms with Gasteiger partial charge in [0.2, 0.25) is 0 Å². The van der Waals surface area contributed by atoms with E-state index in [0.29, 0.717) is 5.69 Å². The van der Waals surface area contributed by atoms with E-state index in [1.807, 2.05) is 0 Å². The Labute approximate surface area is 94.9 Å². The van der Waals surface area contributed by atoms with Crippen molar-refractivity contribution < 1.29 is 8.78 Å². The Morgan fingerprint density at radius 2 is 1.88 bits per heavy atom. The molecule has 88 valence electrons. The maximum atomic E-state index is 12.9. The van der Waals surface area contributed by atoms with Crippen molar-refractivity contribution in [2.24, 2.45) is 5.92 Å². The highest BCUT2D eigenvalue weighted by Gasteiger charge is 2.14. The number of benzene rings is 1. The lowest BCUT2D eigenvalue weighted by atomic mass is 10.0. The summed E-state index contributed by atoms with van der Waals surface area (Å²) in [4.78, 5) is 0. The number of halogens is 2. The van der Waals surface area contributed by atoms with Gasteiger partial charge >= 0.3 is 0 Å². The lowest BCUT2D eigenvalue weighted by molar-refractivity contribution is 0.507. The minimum atomic E-state index is -0.790. The van der Waals surface area contributed by atoms with Crippen molar-refractivity contribution >= 4 is 5.69 Å². The molecule has 0 bridgehead atoms. The van der Waals surface area contributed by atoms with Crippen LogP contribution in [0.25, 0.3) is 0 Å². The van der Waals surface area contributed by atoms with Crippen molar-refractivity contribution in [3.05, 3.63) is 29.8 Å². The van der Waals surface area contributed by atoms with E-state index in [2.05, 4.69) is 5.32 Å². The second-order valence-corrected chi connectivity index (χ2v) is 4.49. The lowest BCUT2D eigenvalue weighted by Crippen LogP contribution is -2.06. The molecule has 0 aliphatic heterocycles. The quantitative estimate of drug-likeness (QED) is 0.818. The van der Waals surface area contributed by atoms with Crippen molar-refractivity contribution in [3.8, 4) is 0 Å². The fraction of sp³-hybridized carbons (Fsp3) is 0.538. The predicted octanol–water partition coefficient (Wildman–Crippen LogP) is 3.96. The second kappa shape index (κ2) is 5.28. The molecule has 0 unspecified atom stereocenters. The first-order valence-corrected chi connectivity index (χ1v) is 5.94. The number of rotatable bonds is 4. The van der Waals surface area contributed by atoms with E-state index in [4.69, 9.17) is 0 Å². The van der Waals surface area contributed by atoms with Crippen LogP contribution < -0.4 is 5.32 Å². The van der Waals surface area contributed by atoms with Crippen molar-refractivity contribution in [2.45, 2.75) is 32.1 Å². The van der Waals surface area contributed by atoms with Gasteiger partial charge in [0.1, 0.15) is 0 Å². The van der Waals surface area contributed by atoms with Gasteiger partial charge in [0.05, 0.1) is 0 Å². The molecule has 1 aliphatic carbocycles. The fourth-order valence-corrected chi connectivity index (χ4v) is 2.33. The number of hydrogen-bond acceptors (Lipinski definition) is 1. The normalized spacial score (nSPS) is 16.6. The molecule has 1 aliphatic rings. The average molecular weight is 225 g/mol. The standard InChI is InChI=1S/C13H17F2N/c14-12-6-5-11(9-13(12)15)16-8-7-10-3-1-2-4-10/h5-6,9-10,16H,1-4,7-8H2. The maximum absolute atomic E-state index is 12.9. The Morgan fingerprint density at radius 1 is 1.12 bits per heavy atom. The van der Waals surface area contributed by atoms with Crippen molar-refractivity contribution in [3.63, 3.8) is 0 Å². The molecule has 16 heavy (non-hydrogen) atoms. The Bertz CT molecular complexity index is 346. The van der Waals surface area contributed by atoms with Crippen LogP contribution in [0.2, 0.25) is 0 Å². The van der Waals surface area contributed by atoms with Gasteiger partial charge in [0, 0.05) is 12.2 Å². The van der Waals surface area contributed by atoms with E-state index in [1.165, 1.54) is 31.7 Å². The Balaban J connectivity index is 1.78. The van der Waals surface area contributed by atoms with Gasteiger partial charge in [0.15, 0.2) is 11.6 Å². The van der Waals surface area contributed by atoms with E-state index in [-0.39, 0.29) is 0 Å². The third-order valence-electron chi connectivity index (χ3n) is 3.28. The Morgan fingerprint density at radius 3 is 2.56 bits per heavy atom. The third-order valence-corrected chi connectivity index (χ3v) is 3.28. The van der Waals surface area contributed by atoms with Crippen LogP contribution in [0.5, 0.6) is 0 Å². The smallest absolute Gasteiger partial charge is 0.160 e. The first kappa shape index (κ1) is 11.4. The summed E-state index contributed by atoms with van der Waals surface area (Å²) in [6, 6.07) is 3.95. The maximum Gasteiger partial charge on any atom is 0.160 e. The zero-order valence-electron chi connectivity index (χ0n) is 9.31. The molecule has 0 heterocycles. The molecule has 0 atom stereocenters. The van der Waals surface area contributed by atoms with Crippen LogP contribution in [0.4, 0.5) is 14.5 Å². The molecule has 1 aromatic carbocycles. The van der Waals surface area contributed by atoms with E-state index < -0.39 is 11.6 Å². The van der Waals surface area contributed by atoms with E-state index in [1.54, 1.807) is 6.07 Å². The SMILES string of the molecule is Fc1ccc(NCCC2CCCC2)cc1F. The first-order chi connectivity index (χ1) is 7.75. The van der Waals surface area contributed by atoms with E-state index >= 15 is 0 Å². The average Bonchev–Trinajstić information content (AvgIpc) is 2.76. The number of nitrogens with one attached hydrogen (secondary N) is 1. The predicted molar refractivity (Wildman–Crippen MR) is 61.4 cm³/mol. The van der Waals surface area contributed by atoms with Gasteiger partial charge < -0.3 is 5.32 Å². The molecular weight excluding hydrogens is 208 g/mol. The summed E-state index contributed by atoms with van der Waals surface area (Å²) < 4.78 is 25.6. The number of anilines is 1. The minimum Gasteiger partial charge on any atom is -0.385 e.